The minimum absolute atomic E-state index is 0.0157. The number of allylic oxidation sites excluding steroid dienone is 3. The van der Waals surface area contributed by atoms with Crippen LogP contribution in [0.25, 0.3) is 0 Å². The van der Waals surface area contributed by atoms with E-state index in [2.05, 4.69) is 100 Å². The molecule has 0 aromatic rings. The smallest absolute Gasteiger partial charge is 0.305 e. The lowest BCUT2D eigenvalue weighted by molar-refractivity contribution is -0.143. The lowest BCUT2D eigenvalue weighted by Gasteiger charge is -2.46. The van der Waals surface area contributed by atoms with E-state index in [1.807, 2.05) is 6.92 Å². The van der Waals surface area contributed by atoms with Gasteiger partial charge in [-0.25, -0.2) is 0 Å². The van der Waals surface area contributed by atoms with Gasteiger partial charge in [0.05, 0.1) is 18.8 Å². The molecule has 6 heteroatoms. The molecule has 45 heavy (non-hydrogen) atoms. The Kier molecular flexibility index (Phi) is 12.5. The maximum atomic E-state index is 11.9. The Hall–Kier alpha value is -0.956. The maximum Gasteiger partial charge on any atom is 0.305 e. The summed E-state index contributed by atoms with van der Waals surface area (Å²) in [7, 11) is -3.92. The van der Waals surface area contributed by atoms with Gasteiger partial charge in [-0.3, -0.25) is 4.79 Å². The van der Waals surface area contributed by atoms with Crippen molar-refractivity contribution < 1.29 is 18.4 Å². The highest BCUT2D eigenvalue weighted by Gasteiger charge is 2.50. The van der Waals surface area contributed by atoms with E-state index in [9.17, 15) is 4.79 Å². The Morgan fingerprint density at radius 1 is 1.02 bits per heavy atom. The van der Waals surface area contributed by atoms with E-state index < -0.39 is 16.6 Å². The fraction of sp³-hybridized carbons (Fsp3) is 0.821. The summed E-state index contributed by atoms with van der Waals surface area (Å²) in [6.45, 7) is 35.5. The van der Waals surface area contributed by atoms with Crippen LogP contribution in [0.1, 0.15) is 127 Å². The Labute approximate surface area is 280 Å². The summed E-state index contributed by atoms with van der Waals surface area (Å²) in [6, 6.07) is 0. The SMILES string of the molecule is C=C1/C(=C/C=C2/CCC[C@@]3(C)C2CC[C@@H]3[C@H](C)CCCC(=O)OCC)C[C@@H](O[Si](C)(C)C(C)(C)C)C[C@@H]1O[Si](C)(C)C(C)(C)C. The first-order valence-corrected chi connectivity index (χ1v) is 24.0. The largest absolute Gasteiger partial charge is 0.466 e. The van der Waals surface area contributed by atoms with Gasteiger partial charge < -0.3 is 13.6 Å². The summed E-state index contributed by atoms with van der Waals surface area (Å²) >= 11 is 0. The quantitative estimate of drug-likeness (QED) is 0.164. The minimum atomic E-state index is -1.98. The summed E-state index contributed by atoms with van der Waals surface area (Å²) in [5.74, 6) is 1.95. The maximum absolute atomic E-state index is 11.9. The van der Waals surface area contributed by atoms with Gasteiger partial charge in [0.15, 0.2) is 16.6 Å². The van der Waals surface area contributed by atoms with Crippen LogP contribution in [0.3, 0.4) is 0 Å². The minimum Gasteiger partial charge on any atom is -0.466 e. The molecule has 0 aromatic carbocycles. The molecule has 0 radical (unpaired) electrons. The molecule has 6 atom stereocenters. The fourth-order valence-electron chi connectivity index (χ4n) is 7.98. The molecule has 3 fully saturated rings. The van der Waals surface area contributed by atoms with E-state index in [1.165, 1.54) is 43.3 Å². The van der Waals surface area contributed by atoms with Crippen LogP contribution in [-0.2, 0) is 18.4 Å². The van der Waals surface area contributed by atoms with Crippen molar-refractivity contribution in [2.24, 2.45) is 23.2 Å². The van der Waals surface area contributed by atoms with Crippen LogP contribution in [0.15, 0.2) is 35.5 Å². The van der Waals surface area contributed by atoms with E-state index in [0.29, 0.717) is 30.3 Å². The zero-order chi connectivity index (χ0) is 34.0. The van der Waals surface area contributed by atoms with Gasteiger partial charge in [-0.1, -0.05) is 79.7 Å². The number of carbonyl (C=O) groups is 1. The van der Waals surface area contributed by atoms with Crippen molar-refractivity contribution in [3.05, 3.63) is 35.5 Å². The van der Waals surface area contributed by atoms with Crippen LogP contribution in [0.2, 0.25) is 36.3 Å². The molecule has 0 saturated heterocycles. The van der Waals surface area contributed by atoms with E-state index in [-0.39, 0.29) is 28.3 Å². The summed E-state index contributed by atoms with van der Waals surface area (Å²) in [6.07, 6.45) is 15.9. The van der Waals surface area contributed by atoms with Gasteiger partial charge in [-0.2, -0.15) is 0 Å². The van der Waals surface area contributed by atoms with Crippen LogP contribution in [-0.4, -0.2) is 41.4 Å². The Balaban J connectivity index is 1.84. The van der Waals surface area contributed by atoms with Crippen molar-refractivity contribution in [2.75, 3.05) is 6.61 Å². The van der Waals surface area contributed by atoms with E-state index >= 15 is 0 Å². The van der Waals surface area contributed by atoms with Crippen molar-refractivity contribution in [1.82, 2.24) is 0 Å². The lowest BCUT2D eigenvalue weighted by Crippen LogP contribution is -2.49. The third-order valence-corrected chi connectivity index (χ3v) is 21.8. The lowest BCUT2D eigenvalue weighted by atomic mass is 9.60. The summed E-state index contributed by atoms with van der Waals surface area (Å²) < 4.78 is 19.3. The molecule has 3 rings (SSSR count). The standard InChI is InChI=1S/C39H70O4Si2/c1-15-41-36(40)20-16-18-28(2)33-23-24-34-30(19-17-25-39(33,34)10)21-22-31-26-32(42-44(11,12)37(4,5)6)27-35(29(31)3)43-45(13,14)38(7,8)9/h21-22,28,32-35H,3,15-20,23-27H2,1-2,4-14H3/b30-21-,31-22+/t28-,32-,33-,34?,35+,39-/m1/s1. The highest BCUT2D eigenvalue weighted by Crippen LogP contribution is 2.60. The molecule has 4 nitrogen and oxygen atoms in total. The first kappa shape index (κ1) is 38.5. The van der Waals surface area contributed by atoms with Gasteiger partial charge in [-0.05, 0) is 129 Å². The van der Waals surface area contributed by atoms with Gasteiger partial charge in [0.1, 0.15) is 0 Å². The van der Waals surface area contributed by atoms with Crippen LogP contribution in [0.4, 0.5) is 0 Å². The third-order valence-electron chi connectivity index (χ3n) is 12.8. The molecule has 3 aliphatic rings. The van der Waals surface area contributed by atoms with Crippen LogP contribution in [0.5, 0.6) is 0 Å². The molecule has 0 N–H and O–H groups in total. The highest BCUT2D eigenvalue weighted by molar-refractivity contribution is 6.74. The second kappa shape index (κ2) is 14.7. The number of fused-ring (bicyclic) bond motifs is 1. The Morgan fingerprint density at radius 3 is 2.24 bits per heavy atom. The molecule has 1 unspecified atom stereocenters. The van der Waals surface area contributed by atoms with Gasteiger partial charge in [-0.15, -0.1) is 0 Å². The van der Waals surface area contributed by atoms with Crippen molar-refractivity contribution in [1.29, 1.82) is 0 Å². The summed E-state index contributed by atoms with van der Waals surface area (Å²) in [5.41, 5.74) is 4.48. The van der Waals surface area contributed by atoms with Crippen molar-refractivity contribution >= 4 is 22.6 Å². The molecule has 258 valence electrons. The second-order valence-electron chi connectivity index (χ2n) is 18.0. The highest BCUT2D eigenvalue weighted by atomic mass is 28.4. The van der Waals surface area contributed by atoms with E-state index in [1.54, 1.807) is 5.57 Å². The van der Waals surface area contributed by atoms with Gasteiger partial charge >= 0.3 is 5.97 Å². The first-order valence-electron chi connectivity index (χ1n) is 18.2. The predicted octanol–water partition coefficient (Wildman–Crippen LogP) is 11.6. The van der Waals surface area contributed by atoms with E-state index in [0.717, 1.165) is 31.6 Å². The zero-order valence-corrected chi connectivity index (χ0v) is 33.7. The number of carbonyl (C=O) groups excluding carboxylic acids is 1. The molecule has 0 bridgehead atoms. The molecule has 0 spiro atoms. The molecule has 0 aliphatic heterocycles. The second-order valence-corrected chi connectivity index (χ2v) is 27.5. The van der Waals surface area contributed by atoms with Gasteiger partial charge in [0, 0.05) is 12.8 Å². The van der Waals surface area contributed by atoms with Gasteiger partial charge in [0.25, 0.3) is 0 Å². The zero-order valence-electron chi connectivity index (χ0n) is 31.7. The van der Waals surface area contributed by atoms with E-state index in [4.69, 9.17) is 13.6 Å². The molecule has 3 saturated carbocycles. The number of rotatable bonds is 11. The molecule has 3 aliphatic carbocycles. The Bertz CT molecular complexity index is 1110. The number of hydrogen-bond donors (Lipinski definition) is 0. The number of esters is 1. The monoisotopic (exact) mass is 658 g/mol. The normalized spacial score (nSPS) is 30.9. The average Bonchev–Trinajstić information content (AvgIpc) is 3.25. The third kappa shape index (κ3) is 9.15. The van der Waals surface area contributed by atoms with Crippen LogP contribution in [0, 0.1) is 23.2 Å². The van der Waals surface area contributed by atoms with Gasteiger partial charge in [0.2, 0.25) is 0 Å². The molecule has 0 amide bonds. The summed E-state index contributed by atoms with van der Waals surface area (Å²) in [5, 5.41) is 0.318. The molecular formula is C39H70O4Si2. The number of ether oxygens (including phenoxy) is 1. The molecule has 0 heterocycles. The fourth-order valence-corrected chi connectivity index (χ4v) is 10.7. The molecular weight excluding hydrogens is 589 g/mol. The summed E-state index contributed by atoms with van der Waals surface area (Å²) in [4.78, 5) is 11.9. The van der Waals surface area contributed by atoms with Crippen molar-refractivity contribution in [2.45, 2.75) is 175 Å². The number of hydrogen-bond acceptors (Lipinski definition) is 4. The van der Waals surface area contributed by atoms with Crippen LogP contribution >= 0.6 is 0 Å². The average molecular weight is 659 g/mol. The molecule has 0 aromatic heterocycles. The topological polar surface area (TPSA) is 44.8 Å². The first-order chi connectivity index (χ1) is 20.6. The Morgan fingerprint density at radius 2 is 1.64 bits per heavy atom. The predicted molar refractivity (Wildman–Crippen MR) is 196 cm³/mol. The van der Waals surface area contributed by atoms with Crippen LogP contribution < -0.4 is 0 Å². The van der Waals surface area contributed by atoms with Crippen molar-refractivity contribution in [3.8, 4) is 0 Å². The van der Waals surface area contributed by atoms with Crippen molar-refractivity contribution in [3.63, 3.8) is 0 Å².